The fourth-order valence-corrected chi connectivity index (χ4v) is 1.69. The summed E-state index contributed by atoms with van der Waals surface area (Å²) in [4.78, 5) is 21.7. The number of nitrogens with one attached hydrogen (secondary N) is 1. The van der Waals surface area contributed by atoms with Gasteiger partial charge in [-0.3, -0.25) is 14.9 Å². The summed E-state index contributed by atoms with van der Waals surface area (Å²) in [5, 5.41) is 12.9. The molecule has 3 N–H and O–H groups in total. The van der Waals surface area contributed by atoms with Gasteiger partial charge in [0.05, 0.1) is 11.0 Å². The third-order valence-corrected chi connectivity index (χ3v) is 2.62. The first-order valence-corrected chi connectivity index (χ1v) is 5.69. The zero-order chi connectivity index (χ0) is 15.6. The van der Waals surface area contributed by atoms with Gasteiger partial charge in [-0.1, -0.05) is 6.07 Å². The topological polar surface area (TPSA) is 98.3 Å². The van der Waals surface area contributed by atoms with Crippen LogP contribution >= 0.6 is 0 Å². The number of benzene rings is 2. The summed E-state index contributed by atoms with van der Waals surface area (Å²) < 4.78 is 26.7. The Hall–Kier alpha value is -3.03. The highest BCUT2D eigenvalue weighted by molar-refractivity contribution is 6.05. The van der Waals surface area contributed by atoms with Gasteiger partial charge in [0.15, 0.2) is 11.5 Å². The maximum Gasteiger partial charge on any atom is 0.298 e. The van der Waals surface area contributed by atoms with E-state index in [2.05, 4.69) is 5.32 Å². The van der Waals surface area contributed by atoms with Gasteiger partial charge in [-0.2, -0.15) is 0 Å². The summed E-state index contributed by atoms with van der Waals surface area (Å²) in [7, 11) is 0. The molecule has 0 atom stereocenters. The van der Waals surface area contributed by atoms with Crippen molar-refractivity contribution in [3.63, 3.8) is 0 Å². The van der Waals surface area contributed by atoms with Gasteiger partial charge in [-0.15, -0.1) is 0 Å². The zero-order valence-corrected chi connectivity index (χ0v) is 10.5. The summed E-state index contributed by atoms with van der Waals surface area (Å²) in [5.41, 5.74) is 4.33. The summed E-state index contributed by atoms with van der Waals surface area (Å²) in [6, 6.07) is 6.74. The molecule has 0 aliphatic rings. The van der Waals surface area contributed by atoms with Crippen molar-refractivity contribution >= 4 is 23.0 Å². The molecule has 8 heteroatoms. The Morgan fingerprint density at radius 3 is 2.57 bits per heavy atom. The van der Waals surface area contributed by atoms with Crippen LogP contribution in [0.3, 0.4) is 0 Å². The van der Waals surface area contributed by atoms with Crippen molar-refractivity contribution in [2.75, 3.05) is 11.1 Å². The van der Waals surface area contributed by atoms with Crippen LogP contribution < -0.4 is 11.1 Å². The minimum Gasteiger partial charge on any atom is -0.399 e. The molecule has 0 unspecified atom stereocenters. The predicted molar refractivity (Wildman–Crippen MR) is 71.8 cm³/mol. The predicted octanol–water partition coefficient (Wildman–Crippen LogP) is 2.71. The van der Waals surface area contributed by atoms with E-state index in [9.17, 15) is 23.7 Å². The van der Waals surface area contributed by atoms with Gasteiger partial charge in [-0.25, -0.2) is 8.78 Å². The molecular weight excluding hydrogens is 284 g/mol. The molecule has 2 aromatic carbocycles. The number of nitrogens with two attached hydrogens (primary N) is 1. The van der Waals surface area contributed by atoms with Crippen molar-refractivity contribution in [1.82, 2.24) is 0 Å². The summed E-state index contributed by atoms with van der Waals surface area (Å²) in [5.74, 6) is -3.14. The van der Waals surface area contributed by atoms with Crippen LogP contribution in [-0.2, 0) is 0 Å². The minimum atomic E-state index is -1.24. The molecule has 0 fully saturated rings. The van der Waals surface area contributed by atoms with Crippen molar-refractivity contribution in [2.24, 2.45) is 0 Å². The fourth-order valence-electron chi connectivity index (χ4n) is 1.69. The lowest BCUT2D eigenvalue weighted by Gasteiger charge is -2.08. The highest BCUT2D eigenvalue weighted by atomic mass is 19.1. The molecule has 2 aromatic rings. The van der Waals surface area contributed by atoms with E-state index in [1.165, 1.54) is 24.3 Å². The lowest BCUT2D eigenvalue weighted by molar-refractivity contribution is -0.384. The standard InChI is InChI=1S/C13H9F2N3O3/c14-8-5-10(15)12(11(6-8)18(20)21)17-13(19)7-2-1-3-9(16)4-7/h1-6H,16H2,(H,17,19). The molecule has 0 aromatic heterocycles. The summed E-state index contributed by atoms with van der Waals surface area (Å²) in [6.07, 6.45) is 0. The molecule has 0 spiro atoms. The Kier molecular flexibility index (Phi) is 3.79. The van der Waals surface area contributed by atoms with E-state index in [0.717, 1.165) is 0 Å². The third kappa shape index (κ3) is 3.11. The van der Waals surface area contributed by atoms with Crippen molar-refractivity contribution < 1.29 is 18.5 Å². The average Bonchev–Trinajstić information content (AvgIpc) is 2.41. The second-order valence-electron chi connectivity index (χ2n) is 4.12. The van der Waals surface area contributed by atoms with Crippen molar-refractivity contribution in [3.05, 3.63) is 63.7 Å². The Bertz CT molecular complexity index is 735. The maximum absolute atomic E-state index is 13.6. The molecule has 0 bridgehead atoms. The molecule has 6 nitrogen and oxygen atoms in total. The number of rotatable bonds is 3. The van der Waals surface area contributed by atoms with E-state index in [1.807, 2.05) is 0 Å². The van der Waals surface area contributed by atoms with Gasteiger partial charge in [0.1, 0.15) is 5.82 Å². The monoisotopic (exact) mass is 293 g/mol. The SMILES string of the molecule is Nc1cccc(C(=O)Nc2c(F)cc(F)cc2[N+](=O)[O-])c1. The first kappa shape index (κ1) is 14.4. The second-order valence-corrected chi connectivity index (χ2v) is 4.12. The number of carbonyl (C=O) groups excluding carboxylic acids is 1. The molecule has 0 aliphatic carbocycles. The normalized spacial score (nSPS) is 10.2. The van der Waals surface area contributed by atoms with Gasteiger partial charge in [0.2, 0.25) is 0 Å². The minimum absolute atomic E-state index is 0.0908. The quantitative estimate of drug-likeness (QED) is 0.516. The summed E-state index contributed by atoms with van der Waals surface area (Å²) >= 11 is 0. The third-order valence-electron chi connectivity index (χ3n) is 2.62. The van der Waals surface area contributed by atoms with Gasteiger partial charge in [0, 0.05) is 17.3 Å². The number of nitro benzene ring substituents is 1. The van der Waals surface area contributed by atoms with Crippen LogP contribution in [0.5, 0.6) is 0 Å². The number of hydrogen-bond acceptors (Lipinski definition) is 4. The van der Waals surface area contributed by atoms with Crippen LogP contribution in [0.4, 0.5) is 25.8 Å². The molecule has 0 heterocycles. The van der Waals surface area contributed by atoms with Crippen LogP contribution in [-0.4, -0.2) is 10.8 Å². The maximum atomic E-state index is 13.6. The summed E-state index contributed by atoms with van der Waals surface area (Å²) in [6.45, 7) is 0. The number of hydrogen-bond donors (Lipinski definition) is 2. The largest absolute Gasteiger partial charge is 0.399 e. The van der Waals surface area contributed by atoms with E-state index in [0.29, 0.717) is 17.8 Å². The number of anilines is 2. The average molecular weight is 293 g/mol. The van der Waals surface area contributed by atoms with E-state index in [1.54, 1.807) is 0 Å². The van der Waals surface area contributed by atoms with Gasteiger partial charge < -0.3 is 11.1 Å². The Labute approximate surface area is 117 Å². The molecular formula is C13H9F2N3O3. The molecule has 21 heavy (non-hydrogen) atoms. The van der Waals surface area contributed by atoms with Crippen LogP contribution in [0.25, 0.3) is 0 Å². The number of nitrogens with zero attached hydrogens (tertiary/aromatic N) is 1. The number of amides is 1. The second kappa shape index (κ2) is 5.53. The zero-order valence-electron chi connectivity index (χ0n) is 10.5. The molecule has 108 valence electrons. The van der Waals surface area contributed by atoms with Crippen molar-refractivity contribution in [2.45, 2.75) is 0 Å². The van der Waals surface area contributed by atoms with Crippen LogP contribution in [0, 0.1) is 21.7 Å². The van der Waals surface area contributed by atoms with E-state index in [4.69, 9.17) is 5.73 Å². The van der Waals surface area contributed by atoms with E-state index < -0.39 is 33.8 Å². The Morgan fingerprint density at radius 2 is 1.95 bits per heavy atom. The fraction of sp³-hybridized carbons (Fsp3) is 0. The van der Waals surface area contributed by atoms with Crippen molar-refractivity contribution in [1.29, 1.82) is 0 Å². The molecule has 1 amide bonds. The Morgan fingerprint density at radius 1 is 1.24 bits per heavy atom. The molecule has 2 rings (SSSR count). The first-order valence-electron chi connectivity index (χ1n) is 5.69. The number of nitrogen functional groups attached to an aromatic ring is 1. The number of nitro groups is 1. The molecule has 0 saturated heterocycles. The van der Waals surface area contributed by atoms with Crippen LogP contribution in [0.15, 0.2) is 36.4 Å². The van der Waals surface area contributed by atoms with Gasteiger partial charge >= 0.3 is 0 Å². The highest BCUT2D eigenvalue weighted by Crippen LogP contribution is 2.29. The highest BCUT2D eigenvalue weighted by Gasteiger charge is 2.22. The lowest BCUT2D eigenvalue weighted by atomic mass is 10.1. The first-order chi connectivity index (χ1) is 9.88. The van der Waals surface area contributed by atoms with E-state index in [-0.39, 0.29) is 5.56 Å². The molecule has 0 aliphatic heterocycles. The Balaban J connectivity index is 2.39. The van der Waals surface area contributed by atoms with Crippen molar-refractivity contribution in [3.8, 4) is 0 Å². The van der Waals surface area contributed by atoms with Gasteiger partial charge in [-0.05, 0) is 18.2 Å². The molecule has 0 radical (unpaired) electrons. The molecule has 0 saturated carbocycles. The van der Waals surface area contributed by atoms with Gasteiger partial charge in [0.25, 0.3) is 11.6 Å². The lowest BCUT2D eigenvalue weighted by Crippen LogP contribution is -2.15. The van der Waals surface area contributed by atoms with Crippen LogP contribution in [0.1, 0.15) is 10.4 Å². The number of halogens is 2. The number of carbonyl (C=O) groups is 1. The smallest absolute Gasteiger partial charge is 0.298 e. The van der Waals surface area contributed by atoms with Crippen LogP contribution in [0.2, 0.25) is 0 Å². The van der Waals surface area contributed by atoms with E-state index >= 15 is 0 Å².